The summed E-state index contributed by atoms with van der Waals surface area (Å²) in [5.41, 5.74) is 3.37. The lowest BCUT2D eigenvalue weighted by atomic mass is 10.1. The fourth-order valence-electron chi connectivity index (χ4n) is 2.49. The van der Waals surface area contributed by atoms with Crippen LogP contribution >= 0.6 is 11.3 Å². The summed E-state index contributed by atoms with van der Waals surface area (Å²) in [7, 11) is 0. The van der Waals surface area contributed by atoms with E-state index >= 15 is 0 Å². The molecule has 2 N–H and O–H groups in total. The van der Waals surface area contributed by atoms with Crippen LogP contribution in [0.4, 0.5) is 0 Å². The summed E-state index contributed by atoms with van der Waals surface area (Å²) in [5.74, 6) is 1.71. The molecular formula is C19H28N4OS. The monoisotopic (exact) mass is 360 g/mol. The minimum atomic E-state index is 0.575. The number of aromatic nitrogens is 1. The predicted octanol–water partition coefficient (Wildman–Crippen LogP) is 3.72. The zero-order valence-corrected chi connectivity index (χ0v) is 16.6. The van der Waals surface area contributed by atoms with Crippen LogP contribution in [0.1, 0.15) is 40.6 Å². The van der Waals surface area contributed by atoms with Crippen LogP contribution in [-0.2, 0) is 13.1 Å². The lowest BCUT2D eigenvalue weighted by molar-refractivity contribution is 0.336. The van der Waals surface area contributed by atoms with Gasteiger partial charge in [-0.1, -0.05) is 12.1 Å². The van der Waals surface area contributed by atoms with E-state index in [9.17, 15) is 0 Å². The van der Waals surface area contributed by atoms with Gasteiger partial charge in [0.2, 0.25) is 0 Å². The van der Waals surface area contributed by atoms with Gasteiger partial charge in [-0.2, -0.15) is 0 Å². The van der Waals surface area contributed by atoms with E-state index in [0.29, 0.717) is 13.2 Å². The summed E-state index contributed by atoms with van der Waals surface area (Å²) in [6, 6.07) is 6.25. The number of thiazole rings is 1. The van der Waals surface area contributed by atoms with Crippen molar-refractivity contribution in [3.8, 4) is 5.75 Å². The number of hydrogen-bond donors (Lipinski definition) is 2. The molecule has 0 bridgehead atoms. The van der Waals surface area contributed by atoms with Crippen molar-refractivity contribution < 1.29 is 4.74 Å². The number of aliphatic imine (C=N–C) groups is 1. The molecule has 6 heteroatoms. The molecule has 0 radical (unpaired) electrons. The second-order valence-electron chi connectivity index (χ2n) is 5.83. The Hall–Kier alpha value is -2.08. The van der Waals surface area contributed by atoms with Crippen LogP contribution in [-0.4, -0.2) is 24.1 Å². The van der Waals surface area contributed by atoms with Crippen molar-refractivity contribution in [2.45, 2.75) is 47.7 Å². The summed E-state index contributed by atoms with van der Waals surface area (Å²) < 4.78 is 5.74. The largest absolute Gasteiger partial charge is 0.494 e. The Morgan fingerprint density at radius 1 is 1.20 bits per heavy atom. The van der Waals surface area contributed by atoms with Gasteiger partial charge >= 0.3 is 0 Å². The van der Waals surface area contributed by atoms with Gasteiger partial charge in [0.05, 0.1) is 30.4 Å². The summed E-state index contributed by atoms with van der Waals surface area (Å²) in [5, 5.41) is 7.78. The van der Waals surface area contributed by atoms with Crippen LogP contribution in [0.15, 0.2) is 23.2 Å². The third-order valence-corrected chi connectivity index (χ3v) is 4.76. The molecule has 1 aromatic carbocycles. The Morgan fingerprint density at radius 2 is 2.00 bits per heavy atom. The van der Waals surface area contributed by atoms with Gasteiger partial charge in [0.15, 0.2) is 5.96 Å². The molecular weight excluding hydrogens is 332 g/mol. The molecule has 0 aliphatic heterocycles. The Kier molecular flexibility index (Phi) is 7.25. The van der Waals surface area contributed by atoms with Gasteiger partial charge in [-0.05, 0) is 46.2 Å². The van der Waals surface area contributed by atoms with Gasteiger partial charge in [-0.25, -0.2) is 9.98 Å². The predicted molar refractivity (Wildman–Crippen MR) is 106 cm³/mol. The Balaban J connectivity index is 2.07. The molecule has 0 unspecified atom stereocenters. The normalized spacial score (nSPS) is 11.5. The first-order chi connectivity index (χ1) is 12.0. The Bertz CT molecular complexity index is 724. The maximum atomic E-state index is 5.74. The molecule has 1 aromatic heterocycles. The fourth-order valence-corrected chi connectivity index (χ4v) is 3.37. The van der Waals surface area contributed by atoms with Crippen molar-refractivity contribution >= 4 is 17.3 Å². The highest BCUT2D eigenvalue weighted by molar-refractivity contribution is 7.11. The molecule has 25 heavy (non-hydrogen) atoms. The zero-order chi connectivity index (χ0) is 18.2. The zero-order valence-electron chi connectivity index (χ0n) is 15.8. The topological polar surface area (TPSA) is 58.5 Å². The maximum absolute atomic E-state index is 5.74. The minimum absolute atomic E-state index is 0.575. The molecule has 0 amide bonds. The first-order valence-electron chi connectivity index (χ1n) is 8.70. The minimum Gasteiger partial charge on any atom is -0.494 e. The van der Waals surface area contributed by atoms with Gasteiger partial charge in [0.25, 0.3) is 0 Å². The molecule has 1 heterocycles. The highest BCUT2D eigenvalue weighted by Gasteiger charge is 2.07. The summed E-state index contributed by atoms with van der Waals surface area (Å²) in [6.45, 7) is 13.0. The van der Waals surface area contributed by atoms with E-state index in [1.165, 1.54) is 10.4 Å². The quantitative estimate of drug-likeness (QED) is 0.584. The first-order valence-corrected chi connectivity index (χ1v) is 9.52. The molecule has 5 nitrogen and oxygen atoms in total. The van der Waals surface area contributed by atoms with Crippen molar-refractivity contribution in [1.29, 1.82) is 0 Å². The average molecular weight is 361 g/mol. The van der Waals surface area contributed by atoms with Crippen molar-refractivity contribution in [1.82, 2.24) is 15.6 Å². The van der Waals surface area contributed by atoms with E-state index in [0.717, 1.165) is 41.1 Å². The lowest BCUT2D eigenvalue weighted by Crippen LogP contribution is -2.36. The number of hydrogen-bond acceptors (Lipinski definition) is 4. The summed E-state index contributed by atoms with van der Waals surface area (Å²) >= 11 is 1.72. The van der Waals surface area contributed by atoms with Crippen LogP contribution in [0, 0.1) is 20.8 Å². The smallest absolute Gasteiger partial charge is 0.191 e. The Morgan fingerprint density at radius 3 is 2.64 bits per heavy atom. The summed E-state index contributed by atoms with van der Waals surface area (Å²) in [6.07, 6.45) is 0. The van der Waals surface area contributed by atoms with Crippen molar-refractivity contribution in [3.63, 3.8) is 0 Å². The molecule has 0 aliphatic carbocycles. The van der Waals surface area contributed by atoms with Gasteiger partial charge in [-0.15, -0.1) is 11.3 Å². The number of nitrogens with one attached hydrogen (secondary N) is 2. The molecule has 0 saturated carbocycles. The standard InChI is InChI=1S/C19H28N4OS/c1-6-20-19(22-12-18-14(4)23-15(5)25-18)21-11-16-9-8-13(3)10-17(16)24-7-2/h8-10H,6-7,11-12H2,1-5H3,(H2,20,21,22). The SMILES string of the molecule is CCNC(=NCc1ccc(C)cc1OCC)NCc1sc(C)nc1C. The molecule has 2 aromatic rings. The van der Waals surface area contributed by atoms with E-state index in [-0.39, 0.29) is 0 Å². The molecule has 0 saturated heterocycles. The van der Waals surface area contributed by atoms with Gasteiger partial charge in [0.1, 0.15) is 5.75 Å². The number of aryl methyl sites for hydroxylation is 3. The second kappa shape index (κ2) is 9.42. The Labute approximate surface area is 154 Å². The molecule has 136 valence electrons. The molecule has 0 aliphatic rings. The van der Waals surface area contributed by atoms with Crippen molar-refractivity contribution in [3.05, 3.63) is 44.9 Å². The number of ether oxygens (including phenoxy) is 1. The van der Waals surface area contributed by atoms with E-state index in [1.54, 1.807) is 11.3 Å². The maximum Gasteiger partial charge on any atom is 0.191 e. The molecule has 2 rings (SSSR count). The molecule has 0 fully saturated rings. The van der Waals surface area contributed by atoms with Gasteiger partial charge in [0, 0.05) is 17.0 Å². The summed E-state index contributed by atoms with van der Waals surface area (Å²) in [4.78, 5) is 10.4. The van der Waals surface area contributed by atoms with Crippen LogP contribution in [0.3, 0.4) is 0 Å². The van der Waals surface area contributed by atoms with E-state index in [4.69, 9.17) is 9.73 Å². The number of nitrogens with zero attached hydrogens (tertiary/aromatic N) is 2. The van der Waals surface area contributed by atoms with Crippen molar-refractivity contribution in [2.24, 2.45) is 4.99 Å². The van der Waals surface area contributed by atoms with Crippen molar-refractivity contribution in [2.75, 3.05) is 13.2 Å². The van der Waals surface area contributed by atoms with E-state index in [2.05, 4.69) is 47.7 Å². The molecule has 0 atom stereocenters. The van der Waals surface area contributed by atoms with E-state index in [1.807, 2.05) is 20.8 Å². The highest BCUT2D eigenvalue weighted by Crippen LogP contribution is 2.21. The van der Waals surface area contributed by atoms with Crippen LogP contribution < -0.4 is 15.4 Å². The average Bonchev–Trinajstić information content (AvgIpc) is 2.89. The van der Waals surface area contributed by atoms with Gasteiger partial charge < -0.3 is 15.4 Å². The second-order valence-corrected chi connectivity index (χ2v) is 7.12. The number of guanidine groups is 1. The number of rotatable bonds is 7. The first kappa shape index (κ1) is 19.2. The van der Waals surface area contributed by atoms with Gasteiger partial charge in [-0.3, -0.25) is 0 Å². The number of benzene rings is 1. The fraction of sp³-hybridized carbons (Fsp3) is 0.474. The van der Waals surface area contributed by atoms with Crippen LogP contribution in [0.2, 0.25) is 0 Å². The van der Waals surface area contributed by atoms with E-state index < -0.39 is 0 Å². The lowest BCUT2D eigenvalue weighted by Gasteiger charge is -2.13. The van der Waals surface area contributed by atoms with Crippen LogP contribution in [0.25, 0.3) is 0 Å². The van der Waals surface area contributed by atoms with Crippen LogP contribution in [0.5, 0.6) is 5.75 Å². The third kappa shape index (κ3) is 5.74. The highest BCUT2D eigenvalue weighted by atomic mass is 32.1. The third-order valence-electron chi connectivity index (χ3n) is 3.69. The molecule has 0 spiro atoms.